The summed E-state index contributed by atoms with van der Waals surface area (Å²) in [6.07, 6.45) is 8.38. The third-order valence-corrected chi connectivity index (χ3v) is 8.60. The molecule has 2 saturated heterocycles. The molecule has 0 bridgehead atoms. The van der Waals surface area contributed by atoms with Crippen molar-refractivity contribution in [1.82, 2.24) is 4.90 Å². The third-order valence-electron chi connectivity index (χ3n) is 8.35. The van der Waals surface area contributed by atoms with E-state index in [0.717, 1.165) is 5.56 Å². The molecule has 1 unspecified atom stereocenters. The van der Waals surface area contributed by atoms with Crippen molar-refractivity contribution in [2.75, 3.05) is 24.7 Å². The number of ether oxygens (including phenoxy) is 2. The van der Waals surface area contributed by atoms with Gasteiger partial charge in [0.2, 0.25) is 5.91 Å². The van der Waals surface area contributed by atoms with Gasteiger partial charge in [-0.1, -0.05) is 66.2 Å². The maximum Gasteiger partial charge on any atom is 0.312 e. The molecule has 1 N–H and O–H groups in total. The zero-order chi connectivity index (χ0) is 27.9. The lowest BCUT2D eigenvalue weighted by Crippen LogP contribution is -2.58. The number of benzene rings is 2. The van der Waals surface area contributed by atoms with Gasteiger partial charge >= 0.3 is 5.97 Å². The molecule has 4 aliphatic rings. The normalized spacial score (nSPS) is 31.3. The lowest BCUT2D eigenvalue weighted by molar-refractivity contribution is -0.155. The van der Waals surface area contributed by atoms with Gasteiger partial charge in [-0.15, -0.1) is 0 Å². The summed E-state index contributed by atoms with van der Waals surface area (Å²) in [5, 5.41) is 11.1. The van der Waals surface area contributed by atoms with Gasteiger partial charge in [-0.3, -0.25) is 14.4 Å². The van der Waals surface area contributed by atoms with E-state index in [1.165, 1.54) is 4.90 Å². The maximum absolute atomic E-state index is 14.5. The average Bonchev–Trinajstić information content (AvgIpc) is 3.38. The van der Waals surface area contributed by atoms with Crippen molar-refractivity contribution >= 4 is 35.1 Å². The van der Waals surface area contributed by atoms with Crippen LogP contribution in [-0.4, -0.2) is 71.3 Å². The number of aliphatic hydroxyl groups excluding tert-OH is 1. The largest absolute Gasteiger partial charge is 0.465 e. The highest BCUT2D eigenvalue weighted by atomic mass is 35.5. The number of halogens is 1. The smallest absolute Gasteiger partial charge is 0.312 e. The summed E-state index contributed by atoms with van der Waals surface area (Å²) in [6, 6.07) is 14.6. The molecule has 1 spiro atoms. The summed E-state index contributed by atoms with van der Waals surface area (Å²) in [5.74, 6) is -3.14. The van der Waals surface area contributed by atoms with E-state index in [-0.39, 0.29) is 25.7 Å². The molecule has 4 heterocycles. The van der Waals surface area contributed by atoms with Crippen molar-refractivity contribution in [3.05, 3.63) is 89.5 Å². The molecule has 0 saturated carbocycles. The SMILES string of the molecule is O=C1OCCC/C=C\[C@H]2O[C@]34C=CCN(c5ccc(Cl)cc5)C(=O)C3N([C@@H](CO)Cc3ccccc3)C(=O)[C@@H]4[C@@H]12. The van der Waals surface area contributed by atoms with E-state index in [0.29, 0.717) is 30.0 Å². The number of carbonyl (C=O) groups excluding carboxylic acids is 3. The van der Waals surface area contributed by atoms with Crippen molar-refractivity contribution in [2.45, 2.75) is 43.1 Å². The van der Waals surface area contributed by atoms with Crippen LogP contribution in [0.15, 0.2) is 78.9 Å². The maximum atomic E-state index is 14.5. The summed E-state index contributed by atoms with van der Waals surface area (Å²) in [4.78, 5) is 45.4. The lowest BCUT2D eigenvalue weighted by Gasteiger charge is -2.38. The highest BCUT2D eigenvalue weighted by Crippen LogP contribution is 2.54. The Morgan fingerprint density at radius 1 is 1.02 bits per heavy atom. The third kappa shape index (κ3) is 4.44. The van der Waals surface area contributed by atoms with E-state index in [1.807, 2.05) is 48.6 Å². The molecular weight excluding hydrogens is 532 g/mol. The fraction of sp³-hybridized carbons (Fsp3) is 0.387. The van der Waals surface area contributed by atoms with Crippen LogP contribution in [0, 0.1) is 11.8 Å². The van der Waals surface area contributed by atoms with Gasteiger partial charge in [-0.05, 0) is 49.1 Å². The first-order valence-corrected chi connectivity index (χ1v) is 14.0. The van der Waals surface area contributed by atoms with Crippen LogP contribution in [0.2, 0.25) is 5.02 Å². The summed E-state index contributed by atoms with van der Waals surface area (Å²) < 4.78 is 12.2. The number of carbonyl (C=O) groups is 3. The average molecular weight is 563 g/mol. The minimum Gasteiger partial charge on any atom is -0.465 e. The first kappa shape index (κ1) is 26.7. The molecule has 2 amide bonds. The van der Waals surface area contributed by atoms with Crippen LogP contribution in [0.3, 0.4) is 0 Å². The Kier molecular flexibility index (Phi) is 7.25. The minimum atomic E-state index is -1.41. The number of cyclic esters (lactones) is 1. The Hall–Kier alpha value is -3.46. The number of aliphatic hydroxyl groups is 1. The number of nitrogens with zero attached hydrogens (tertiary/aromatic N) is 2. The molecule has 0 aliphatic carbocycles. The summed E-state index contributed by atoms with van der Waals surface area (Å²) >= 11 is 6.11. The standard InChI is InChI=1S/C31H31ClN2O6/c32-21-11-13-22(14-12-21)33-16-7-15-31-26(25-24(40-31)10-5-2-6-17-39-30(25)38)28(36)34(27(31)29(33)37)23(19-35)18-20-8-3-1-4-9-20/h1,3-5,7-15,23-27,35H,2,6,16-19H2/b10-5-/t23-,24-,25+,26+,27?,31+/m1/s1. The summed E-state index contributed by atoms with van der Waals surface area (Å²) in [5.41, 5.74) is 0.128. The molecule has 9 heteroatoms. The van der Waals surface area contributed by atoms with Crippen molar-refractivity contribution in [2.24, 2.45) is 11.8 Å². The van der Waals surface area contributed by atoms with Gasteiger partial charge in [0.25, 0.3) is 5.91 Å². The molecule has 6 rings (SSSR count). The van der Waals surface area contributed by atoms with Crippen molar-refractivity contribution in [3.8, 4) is 0 Å². The van der Waals surface area contributed by atoms with E-state index < -0.39 is 47.5 Å². The fourth-order valence-corrected chi connectivity index (χ4v) is 6.70. The molecule has 0 aromatic heterocycles. The molecule has 4 aliphatic heterocycles. The molecule has 2 aromatic rings. The van der Waals surface area contributed by atoms with Gasteiger partial charge in [0.1, 0.15) is 17.6 Å². The predicted molar refractivity (Wildman–Crippen MR) is 149 cm³/mol. The van der Waals surface area contributed by atoms with Gasteiger partial charge < -0.3 is 24.4 Å². The Morgan fingerprint density at radius 2 is 1.80 bits per heavy atom. The highest BCUT2D eigenvalue weighted by Gasteiger charge is 2.72. The van der Waals surface area contributed by atoms with Crippen LogP contribution in [-0.2, 0) is 30.3 Å². The molecular formula is C31H31ClN2O6. The molecule has 8 nitrogen and oxygen atoms in total. The second-order valence-electron chi connectivity index (χ2n) is 10.7. The van der Waals surface area contributed by atoms with E-state index >= 15 is 0 Å². The van der Waals surface area contributed by atoms with Crippen LogP contribution in [0.1, 0.15) is 18.4 Å². The van der Waals surface area contributed by atoms with Crippen LogP contribution in [0.5, 0.6) is 0 Å². The lowest BCUT2D eigenvalue weighted by atomic mass is 9.78. The second kappa shape index (κ2) is 10.8. The monoisotopic (exact) mass is 562 g/mol. The number of hydrogen-bond donors (Lipinski definition) is 1. The van der Waals surface area contributed by atoms with Gasteiger partial charge in [-0.2, -0.15) is 0 Å². The fourth-order valence-electron chi connectivity index (χ4n) is 6.58. The Balaban J connectivity index is 1.47. The van der Waals surface area contributed by atoms with Crippen LogP contribution >= 0.6 is 11.6 Å². The number of allylic oxidation sites excluding steroid dienone is 1. The second-order valence-corrected chi connectivity index (χ2v) is 11.1. The number of esters is 1. The Bertz CT molecular complexity index is 1350. The van der Waals surface area contributed by atoms with Gasteiger partial charge in [0.15, 0.2) is 0 Å². The quantitative estimate of drug-likeness (QED) is 0.444. The number of fused-ring (bicyclic) bond motifs is 2. The molecule has 208 valence electrons. The van der Waals surface area contributed by atoms with Gasteiger partial charge in [0.05, 0.1) is 31.3 Å². The molecule has 6 atom stereocenters. The van der Waals surface area contributed by atoms with Crippen LogP contribution in [0.25, 0.3) is 0 Å². The number of hydrogen-bond acceptors (Lipinski definition) is 6. The molecule has 0 radical (unpaired) electrons. The van der Waals surface area contributed by atoms with Crippen molar-refractivity contribution < 1.29 is 29.0 Å². The summed E-state index contributed by atoms with van der Waals surface area (Å²) in [7, 11) is 0. The zero-order valence-corrected chi connectivity index (χ0v) is 22.7. The first-order chi connectivity index (χ1) is 19.4. The Labute approximate surface area is 237 Å². The zero-order valence-electron chi connectivity index (χ0n) is 21.9. The van der Waals surface area contributed by atoms with Crippen molar-refractivity contribution in [1.29, 1.82) is 0 Å². The van der Waals surface area contributed by atoms with E-state index in [4.69, 9.17) is 21.1 Å². The van der Waals surface area contributed by atoms with E-state index in [2.05, 4.69) is 0 Å². The predicted octanol–water partition coefficient (Wildman–Crippen LogP) is 3.32. The van der Waals surface area contributed by atoms with Crippen LogP contribution < -0.4 is 4.90 Å². The van der Waals surface area contributed by atoms with E-state index in [9.17, 15) is 19.5 Å². The highest BCUT2D eigenvalue weighted by molar-refractivity contribution is 6.30. The summed E-state index contributed by atoms with van der Waals surface area (Å²) in [6.45, 7) is 0.130. The topological polar surface area (TPSA) is 96.4 Å². The van der Waals surface area contributed by atoms with E-state index in [1.54, 1.807) is 35.2 Å². The number of likely N-dealkylation sites (tertiary alicyclic amines) is 1. The van der Waals surface area contributed by atoms with Crippen LogP contribution in [0.4, 0.5) is 5.69 Å². The number of anilines is 1. The number of amides is 2. The molecule has 2 fully saturated rings. The van der Waals surface area contributed by atoms with Gasteiger partial charge in [-0.25, -0.2) is 0 Å². The van der Waals surface area contributed by atoms with Gasteiger partial charge in [0, 0.05) is 17.3 Å². The van der Waals surface area contributed by atoms with Crippen molar-refractivity contribution in [3.63, 3.8) is 0 Å². The molecule has 40 heavy (non-hydrogen) atoms. The number of rotatable bonds is 5. The molecule has 2 aromatic carbocycles. The first-order valence-electron chi connectivity index (χ1n) is 13.7. The minimum absolute atomic E-state index is 0.245. The Morgan fingerprint density at radius 3 is 2.55 bits per heavy atom.